The van der Waals surface area contributed by atoms with Crippen LogP contribution in [0.25, 0.3) is 0 Å². The van der Waals surface area contributed by atoms with Gasteiger partial charge in [0.05, 0.1) is 0 Å². The molecule has 0 spiro atoms. The van der Waals surface area contributed by atoms with Crippen LogP contribution in [0.5, 0.6) is 0 Å². The monoisotopic (exact) mass is 283 g/mol. The predicted molar refractivity (Wildman–Crippen MR) is 88.6 cm³/mol. The van der Waals surface area contributed by atoms with Gasteiger partial charge in [0.15, 0.2) is 5.78 Å². The lowest BCUT2D eigenvalue weighted by molar-refractivity contribution is 0.0992. The summed E-state index contributed by atoms with van der Waals surface area (Å²) in [6.45, 7) is 6.51. The number of hydrogen-bond donors (Lipinski definition) is 0. The highest BCUT2D eigenvalue weighted by Crippen LogP contribution is 2.27. The van der Waals surface area contributed by atoms with Crippen LogP contribution in [0, 0.1) is 0 Å². The van der Waals surface area contributed by atoms with E-state index in [-0.39, 0.29) is 11.2 Å². The molecule has 0 saturated carbocycles. The zero-order valence-electron chi connectivity index (χ0n) is 13.7. The molecule has 21 heavy (non-hydrogen) atoms. The third kappa shape index (κ3) is 3.63. The fourth-order valence-electron chi connectivity index (χ4n) is 2.62. The Morgan fingerprint density at radius 3 is 2.57 bits per heavy atom. The number of benzene rings is 1. The van der Waals surface area contributed by atoms with E-state index >= 15 is 0 Å². The Morgan fingerprint density at radius 1 is 1.24 bits per heavy atom. The summed E-state index contributed by atoms with van der Waals surface area (Å²) in [5.41, 5.74) is 4.49. The Balaban J connectivity index is 2.20. The molecule has 0 saturated heterocycles. The first kappa shape index (κ1) is 15.6. The lowest BCUT2D eigenvalue weighted by Gasteiger charge is -2.20. The minimum atomic E-state index is 0.0687. The van der Waals surface area contributed by atoms with Gasteiger partial charge >= 0.3 is 0 Å². The van der Waals surface area contributed by atoms with Gasteiger partial charge in [-0.25, -0.2) is 0 Å². The maximum atomic E-state index is 12.6. The third-order valence-electron chi connectivity index (χ3n) is 3.91. The maximum Gasteiger partial charge on any atom is 0.167 e. The molecular formula is C19H25NO. The van der Waals surface area contributed by atoms with Crippen LogP contribution in [0.15, 0.2) is 47.7 Å². The average molecular weight is 283 g/mol. The first-order valence-corrected chi connectivity index (χ1v) is 7.48. The number of ketones is 1. The van der Waals surface area contributed by atoms with Crippen LogP contribution in [0.1, 0.15) is 49.5 Å². The summed E-state index contributed by atoms with van der Waals surface area (Å²) in [6, 6.07) is 8.05. The van der Waals surface area contributed by atoms with Crippen LogP contribution in [0.4, 0.5) is 0 Å². The summed E-state index contributed by atoms with van der Waals surface area (Å²) in [4.78, 5) is 14.6. The summed E-state index contributed by atoms with van der Waals surface area (Å²) in [5, 5.41) is 0. The van der Waals surface area contributed by atoms with Gasteiger partial charge in [0.2, 0.25) is 0 Å². The van der Waals surface area contributed by atoms with E-state index in [1.807, 2.05) is 32.3 Å². The molecule has 0 N–H and O–H groups in total. The minimum Gasteiger partial charge on any atom is -0.378 e. The number of rotatable bonds is 4. The van der Waals surface area contributed by atoms with Crippen molar-refractivity contribution in [1.29, 1.82) is 0 Å². The second-order valence-electron chi connectivity index (χ2n) is 6.92. The molecule has 0 heterocycles. The second kappa shape index (κ2) is 5.88. The Labute approximate surface area is 128 Å². The topological polar surface area (TPSA) is 20.3 Å². The normalized spacial score (nSPS) is 14.7. The summed E-state index contributed by atoms with van der Waals surface area (Å²) < 4.78 is 0. The molecule has 0 amide bonds. The minimum absolute atomic E-state index is 0.0687. The second-order valence-corrected chi connectivity index (χ2v) is 6.92. The van der Waals surface area contributed by atoms with E-state index in [1.165, 1.54) is 16.8 Å². The number of allylic oxidation sites excluding steroid dienone is 3. The van der Waals surface area contributed by atoms with Gasteiger partial charge in [-0.3, -0.25) is 4.79 Å². The third-order valence-corrected chi connectivity index (χ3v) is 3.91. The molecule has 1 aliphatic rings. The van der Waals surface area contributed by atoms with E-state index in [4.69, 9.17) is 0 Å². The van der Waals surface area contributed by atoms with Crippen LogP contribution in [-0.4, -0.2) is 24.8 Å². The zero-order valence-corrected chi connectivity index (χ0v) is 13.7. The van der Waals surface area contributed by atoms with Crippen LogP contribution < -0.4 is 0 Å². The lowest BCUT2D eigenvalue weighted by atomic mass is 9.85. The molecule has 2 heteroatoms. The highest BCUT2D eigenvalue weighted by molar-refractivity contribution is 5.98. The van der Waals surface area contributed by atoms with Crippen molar-refractivity contribution >= 4 is 5.78 Å². The molecule has 0 atom stereocenters. The number of hydrogen-bond acceptors (Lipinski definition) is 2. The van der Waals surface area contributed by atoms with Crippen molar-refractivity contribution < 1.29 is 4.79 Å². The zero-order chi connectivity index (χ0) is 15.6. The van der Waals surface area contributed by atoms with Gasteiger partial charge in [-0.05, 0) is 35.1 Å². The van der Waals surface area contributed by atoms with Crippen molar-refractivity contribution in [3.63, 3.8) is 0 Å². The molecule has 2 nitrogen and oxygen atoms in total. The van der Waals surface area contributed by atoms with Crippen molar-refractivity contribution in [2.24, 2.45) is 0 Å². The van der Waals surface area contributed by atoms with Gasteiger partial charge in [0.1, 0.15) is 0 Å². The Bertz CT molecular complexity index is 600. The molecule has 2 rings (SSSR count). The summed E-state index contributed by atoms with van der Waals surface area (Å²) >= 11 is 0. The van der Waals surface area contributed by atoms with Gasteiger partial charge in [-0.1, -0.05) is 45.0 Å². The van der Waals surface area contributed by atoms with E-state index in [0.29, 0.717) is 6.42 Å². The number of Topliss-reactive ketones (excluding diaryl/α,β-unsaturated/α-hetero) is 1. The number of likely N-dealkylation sites (N-methyl/N-ethyl adjacent to an activating group) is 1. The first-order chi connectivity index (χ1) is 9.79. The molecule has 0 fully saturated rings. The summed E-state index contributed by atoms with van der Waals surface area (Å²) in [7, 11) is 4.05. The van der Waals surface area contributed by atoms with Crippen LogP contribution in [0.2, 0.25) is 0 Å². The Morgan fingerprint density at radius 2 is 1.95 bits per heavy atom. The first-order valence-electron chi connectivity index (χ1n) is 7.48. The summed E-state index contributed by atoms with van der Waals surface area (Å²) in [5.74, 6) is 0.208. The number of carbonyl (C=O) groups is 1. The van der Waals surface area contributed by atoms with Crippen LogP contribution in [0.3, 0.4) is 0 Å². The average Bonchev–Trinajstić information content (AvgIpc) is 2.86. The van der Waals surface area contributed by atoms with Crippen LogP contribution >= 0.6 is 0 Å². The molecule has 0 unspecified atom stereocenters. The predicted octanol–water partition coefficient (Wildman–Crippen LogP) is 4.33. The van der Waals surface area contributed by atoms with Crippen molar-refractivity contribution in [3.8, 4) is 0 Å². The van der Waals surface area contributed by atoms with Gasteiger partial charge in [-0.2, -0.15) is 0 Å². The maximum absolute atomic E-state index is 12.6. The smallest absolute Gasteiger partial charge is 0.167 e. The fraction of sp³-hybridized carbons (Fsp3) is 0.421. The molecule has 0 aromatic heterocycles. The molecule has 112 valence electrons. The Hall–Kier alpha value is -1.83. The van der Waals surface area contributed by atoms with Crippen molar-refractivity contribution in [2.45, 2.75) is 39.0 Å². The molecule has 1 aromatic carbocycles. The Kier molecular flexibility index (Phi) is 4.36. The number of nitrogens with zero attached hydrogens (tertiary/aromatic N) is 1. The highest BCUT2D eigenvalue weighted by Gasteiger charge is 2.18. The van der Waals surface area contributed by atoms with E-state index < -0.39 is 0 Å². The van der Waals surface area contributed by atoms with E-state index in [9.17, 15) is 4.79 Å². The van der Waals surface area contributed by atoms with Crippen molar-refractivity contribution in [2.75, 3.05) is 14.1 Å². The van der Waals surface area contributed by atoms with Gasteiger partial charge in [-0.15, -0.1) is 0 Å². The van der Waals surface area contributed by atoms with Crippen LogP contribution in [-0.2, 0) is 5.41 Å². The lowest BCUT2D eigenvalue weighted by Crippen LogP contribution is -2.13. The molecule has 0 aliphatic heterocycles. The van der Waals surface area contributed by atoms with Crippen molar-refractivity contribution in [3.05, 3.63) is 58.8 Å². The van der Waals surface area contributed by atoms with E-state index in [2.05, 4.69) is 43.9 Å². The van der Waals surface area contributed by atoms with E-state index in [1.54, 1.807) is 0 Å². The van der Waals surface area contributed by atoms with Gasteiger partial charge < -0.3 is 4.90 Å². The van der Waals surface area contributed by atoms with E-state index in [0.717, 1.165) is 12.0 Å². The largest absolute Gasteiger partial charge is 0.378 e. The highest BCUT2D eigenvalue weighted by atomic mass is 16.1. The molecule has 1 aromatic rings. The van der Waals surface area contributed by atoms with Gasteiger partial charge in [0, 0.05) is 31.8 Å². The van der Waals surface area contributed by atoms with Gasteiger partial charge in [0.25, 0.3) is 0 Å². The standard InChI is InChI=1S/C19H25NO/c1-19(2,3)16-10-6-9-15(12-16)18(21)13-14-8-7-11-17(14)20(4)5/h6-7,9-12H,8,13H2,1-5H3. The fourth-order valence-corrected chi connectivity index (χ4v) is 2.62. The number of carbonyl (C=O) groups excluding carboxylic acids is 1. The molecule has 0 bridgehead atoms. The van der Waals surface area contributed by atoms with Crippen molar-refractivity contribution in [1.82, 2.24) is 4.90 Å². The molecular weight excluding hydrogens is 258 g/mol. The quantitative estimate of drug-likeness (QED) is 0.766. The molecule has 1 aliphatic carbocycles. The molecule has 0 radical (unpaired) electrons. The summed E-state index contributed by atoms with van der Waals surface area (Å²) in [6.07, 6.45) is 5.63. The SMILES string of the molecule is CN(C)C1=C(CC(=O)c2cccc(C(C)(C)C)c2)CC=C1.